The zero-order valence-electron chi connectivity index (χ0n) is 11.7. The number of benzene rings is 1. The van der Waals surface area contributed by atoms with Crippen molar-refractivity contribution in [2.24, 2.45) is 5.73 Å². The van der Waals surface area contributed by atoms with Gasteiger partial charge in [0, 0.05) is 19.2 Å². The molecule has 0 unspecified atom stereocenters. The van der Waals surface area contributed by atoms with E-state index in [2.05, 4.69) is 0 Å². The molecule has 1 aliphatic rings. The van der Waals surface area contributed by atoms with Gasteiger partial charge in [0.05, 0.1) is 18.6 Å². The van der Waals surface area contributed by atoms with Crippen LogP contribution in [0, 0.1) is 10.1 Å². The highest BCUT2D eigenvalue weighted by Crippen LogP contribution is 2.32. The zero-order chi connectivity index (χ0) is 15.4. The molecule has 1 aromatic carbocycles. The van der Waals surface area contributed by atoms with E-state index < -0.39 is 4.92 Å². The molecule has 7 heteroatoms. The van der Waals surface area contributed by atoms with Crippen molar-refractivity contribution in [3.8, 4) is 5.75 Å². The van der Waals surface area contributed by atoms with E-state index in [1.807, 2.05) is 11.0 Å². The fourth-order valence-electron chi connectivity index (χ4n) is 2.37. The number of methoxy groups -OCH3 is 1. The maximum atomic E-state index is 10.9. The topological polar surface area (TPSA) is 98.7 Å². The predicted octanol–water partition coefficient (Wildman–Crippen LogP) is 1.18. The third-order valence-electron chi connectivity index (χ3n) is 3.42. The van der Waals surface area contributed by atoms with Crippen molar-refractivity contribution in [2.45, 2.75) is 6.42 Å². The minimum Gasteiger partial charge on any atom is -0.490 e. The fraction of sp³-hybridized carbons (Fsp3) is 0.357. The normalized spacial score (nSPS) is 15.4. The van der Waals surface area contributed by atoms with Crippen LogP contribution in [0.5, 0.6) is 5.75 Å². The molecule has 21 heavy (non-hydrogen) atoms. The zero-order valence-corrected chi connectivity index (χ0v) is 11.7. The van der Waals surface area contributed by atoms with Crippen molar-refractivity contribution >= 4 is 17.2 Å². The van der Waals surface area contributed by atoms with E-state index in [0.717, 1.165) is 24.1 Å². The van der Waals surface area contributed by atoms with Crippen LogP contribution in [0.15, 0.2) is 24.3 Å². The SMILES string of the molecule is COc1cc(C2=CCN(CC(N)=O)CC2)ccc1[N+](=O)[O-]. The minimum atomic E-state index is -0.466. The molecule has 0 radical (unpaired) electrons. The van der Waals surface area contributed by atoms with E-state index in [4.69, 9.17) is 10.5 Å². The van der Waals surface area contributed by atoms with Gasteiger partial charge in [-0.3, -0.25) is 19.8 Å². The fourth-order valence-corrected chi connectivity index (χ4v) is 2.37. The lowest BCUT2D eigenvalue weighted by Gasteiger charge is -2.25. The summed E-state index contributed by atoms with van der Waals surface area (Å²) in [5.74, 6) is -0.0955. The Morgan fingerprint density at radius 2 is 2.29 bits per heavy atom. The molecule has 7 nitrogen and oxygen atoms in total. The molecule has 2 N–H and O–H groups in total. The highest BCUT2D eigenvalue weighted by Gasteiger charge is 2.18. The molecule has 2 rings (SSSR count). The van der Waals surface area contributed by atoms with Crippen LogP contribution in [0.2, 0.25) is 0 Å². The number of ether oxygens (including phenoxy) is 1. The number of nitro groups is 1. The van der Waals surface area contributed by atoms with Gasteiger partial charge in [-0.15, -0.1) is 0 Å². The first kappa shape index (κ1) is 15.0. The van der Waals surface area contributed by atoms with Crippen LogP contribution >= 0.6 is 0 Å². The van der Waals surface area contributed by atoms with Crippen LogP contribution in [-0.2, 0) is 4.79 Å². The third kappa shape index (κ3) is 3.57. The molecule has 0 fully saturated rings. The number of amides is 1. The second-order valence-electron chi connectivity index (χ2n) is 4.82. The van der Waals surface area contributed by atoms with Crippen molar-refractivity contribution < 1.29 is 14.5 Å². The van der Waals surface area contributed by atoms with Crippen LogP contribution in [0.3, 0.4) is 0 Å². The van der Waals surface area contributed by atoms with Crippen molar-refractivity contribution in [3.63, 3.8) is 0 Å². The number of primary amides is 1. The molecule has 0 spiro atoms. The van der Waals surface area contributed by atoms with Gasteiger partial charge in [0.2, 0.25) is 5.91 Å². The average molecular weight is 291 g/mol. The maximum absolute atomic E-state index is 10.9. The molecule has 0 aromatic heterocycles. The van der Waals surface area contributed by atoms with Gasteiger partial charge in [-0.2, -0.15) is 0 Å². The van der Waals surface area contributed by atoms with Crippen LogP contribution in [0.4, 0.5) is 5.69 Å². The molecule has 1 aromatic rings. The van der Waals surface area contributed by atoms with Gasteiger partial charge in [-0.05, 0) is 29.7 Å². The van der Waals surface area contributed by atoms with Gasteiger partial charge >= 0.3 is 5.69 Å². The molecule has 0 bridgehead atoms. The number of nitro benzene ring substituents is 1. The molecular formula is C14H17N3O4. The van der Waals surface area contributed by atoms with Gasteiger partial charge in [-0.25, -0.2) is 0 Å². The summed E-state index contributed by atoms with van der Waals surface area (Å²) in [5, 5.41) is 10.9. The summed E-state index contributed by atoms with van der Waals surface area (Å²) in [7, 11) is 1.41. The standard InChI is InChI=1S/C14H17N3O4/c1-21-13-8-11(2-3-12(13)17(19)20)10-4-6-16(7-5-10)9-14(15)18/h2-4,8H,5-7,9H2,1H3,(H2,15,18). The Labute approximate surface area is 122 Å². The predicted molar refractivity (Wildman–Crippen MR) is 77.9 cm³/mol. The van der Waals surface area contributed by atoms with Crippen LogP contribution < -0.4 is 10.5 Å². The monoisotopic (exact) mass is 291 g/mol. The number of hydrogen-bond acceptors (Lipinski definition) is 5. The van der Waals surface area contributed by atoms with Gasteiger partial charge in [0.25, 0.3) is 0 Å². The average Bonchev–Trinajstić information content (AvgIpc) is 2.46. The van der Waals surface area contributed by atoms with Crippen LogP contribution in [-0.4, -0.2) is 42.5 Å². The van der Waals surface area contributed by atoms with Crippen LogP contribution in [0.1, 0.15) is 12.0 Å². The summed E-state index contributed by atoms with van der Waals surface area (Å²) in [6.45, 7) is 1.61. The number of nitrogens with two attached hydrogens (primary N) is 1. The second-order valence-corrected chi connectivity index (χ2v) is 4.82. The van der Waals surface area contributed by atoms with E-state index >= 15 is 0 Å². The lowest BCUT2D eigenvalue weighted by molar-refractivity contribution is -0.385. The number of rotatable bonds is 5. The molecule has 112 valence electrons. The number of carbonyl (C=O) groups excluding carboxylic acids is 1. The van der Waals surface area contributed by atoms with Gasteiger partial charge < -0.3 is 10.5 Å². The molecule has 1 heterocycles. The smallest absolute Gasteiger partial charge is 0.310 e. The highest BCUT2D eigenvalue weighted by atomic mass is 16.6. The van der Waals surface area contributed by atoms with Gasteiger partial charge in [0.1, 0.15) is 0 Å². The molecular weight excluding hydrogens is 274 g/mol. The Hall–Kier alpha value is -2.41. The first-order valence-corrected chi connectivity index (χ1v) is 6.53. The Balaban J connectivity index is 2.18. The number of nitrogens with zero attached hydrogens (tertiary/aromatic N) is 2. The maximum Gasteiger partial charge on any atom is 0.310 e. The Bertz CT molecular complexity index is 598. The third-order valence-corrected chi connectivity index (χ3v) is 3.42. The Morgan fingerprint density at radius 3 is 2.81 bits per heavy atom. The van der Waals surface area contributed by atoms with E-state index in [-0.39, 0.29) is 23.9 Å². The molecule has 0 aliphatic carbocycles. The summed E-state index contributed by atoms with van der Waals surface area (Å²) < 4.78 is 5.07. The largest absolute Gasteiger partial charge is 0.490 e. The summed E-state index contributed by atoms with van der Waals surface area (Å²) in [6.07, 6.45) is 2.77. The van der Waals surface area contributed by atoms with Gasteiger partial charge in [0.15, 0.2) is 5.75 Å². The summed E-state index contributed by atoms with van der Waals surface area (Å²) in [4.78, 5) is 23.2. The van der Waals surface area contributed by atoms with E-state index in [1.165, 1.54) is 13.2 Å². The Morgan fingerprint density at radius 1 is 1.52 bits per heavy atom. The molecule has 0 saturated carbocycles. The lowest BCUT2D eigenvalue weighted by Crippen LogP contribution is -2.36. The first-order valence-electron chi connectivity index (χ1n) is 6.53. The highest BCUT2D eigenvalue weighted by molar-refractivity contribution is 5.76. The molecule has 1 aliphatic heterocycles. The van der Waals surface area contributed by atoms with E-state index in [1.54, 1.807) is 12.1 Å². The number of carbonyl (C=O) groups is 1. The second kappa shape index (κ2) is 6.36. The van der Waals surface area contributed by atoms with E-state index in [9.17, 15) is 14.9 Å². The van der Waals surface area contributed by atoms with Crippen molar-refractivity contribution in [3.05, 3.63) is 40.0 Å². The molecule has 0 saturated heterocycles. The van der Waals surface area contributed by atoms with Gasteiger partial charge in [-0.1, -0.05) is 6.08 Å². The summed E-state index contributed by atoms with van der Waals surface area (Å²) in [5.41, 5.74) is 7.11. The van der Waals surface area contributed by atoms with Crippen molar-refractivity contribution in [1.82, 2.24) is 4.90 Å². The summed E-state index contributed by atoms with van der Waals surface area (Å²) >= 11 is 0. The minimum absolute atomic E-state index is 0.0481. The van der Waals surface area contributed by atoms with Crippen molar-refractivity contribution in [1.29, 1.82) is 0 Å². The lowest BCUT2D eigenvalue weighted by atomic mass is 9.99. The molecule has 0 atom stereocenters. The number of hydrogen-bond donors (Lipinski definition) is 1. The molecule has 1 amide bonds. The quantitative estimate of drug-likeness (QED) is 0.648. The Kier molecular flexibility index (Phi) is 4.54. The summed E-state index contributed by atoms with van der Waals surface area (Å²) in [6, 6.07) is 4.84. The van der Waals surface area contributed by atoms with E-state index in [0.29, 0.717) is 6.54 Å². The van der Waals surface area contributed by atoms with Crippen LogP contribution in [0.25, 0.3) is 5.57 Å². The van der Waals surface area contributed by atoms with Crippen molar-refractivity contribution in [2.75, 3.05) is 26.7 Å². The first-order chi connectivity index (χ1) is 10.0.